The van der Waals surface area contributed by atoms with Gasteiger partial charge in [-0.25, -0.2) is 0 Å². The van der Waals surface area contributed by atoms with E-state index in [1.807, 2.05) is 48.5 Å². The fourth-order valence-electron chi connectivity index (χ4n) is 4.70. The van der Waals surface area contributed by atoms with Crippen LogP contribution in [0.4, 0.5) is 0 Å². The number of rotatable bonds is 10. The maximum atomic E-state index is 12.6. The van der Waals surface area contributed by atoms with E-state index in [2.05, 4.69) is 29.3 Å². The first-order valence-electron chi connectivity index (χ1n) is 13.1. The number of amidine groups is 1. The lowest BCUT2D eigenvalue weighted by atomic mass is 10.0. The molecule has 1 aliphatic rings. The first-order valence-corrected chi connectivity index (χ1v) is 13.1. The summed E-state index contributed by atoms with van der Waals surface area (Å²) in [6.07, 6.45) is 2.60. The Morgan fingerprint density at radius 3 is 1.74 bits per heavy atom. The van der Waals surface area contributed by atoms with E-state index < -0.39 is 0 Å². The Kier molecular flexibility index (Phi) is 7.83. The number of ether oxygens (including phenoxy) is 1. The number of methoxy groups -OCH3 is 1. The molecule has 0 fully saturated rings. The average molecular weight is 518 g/mol. The van der Waals surface area contributed by atoms with Crippen LogP contribution >= 0.6 is 0 Å². The van der Waals surface area contributed by atoms with Crippen molar-refractivity contribution in [1.82, 2.24) is 4.90 Å². The molecular weight excluding hydrogens is 486 g/mol. The topological polar surface area (TPSA) is 85.0 Å². The van der Waals surface area contributed by atoms with Crippen LogP contribution in [0, 0.1) is 0 Å². The predicted molar refractivity (Wildman–Crippen MR) is 153 cm³/mol. The minimum absolute atomic E-state index is 0.231. The quantitative estimate of drug-likeness (QED) is 0.177. The molecule has 0 bridgehead atoms. The molecule has 0 aromatic heterocycles. The number of imide groups is 1. The molecule has 0 unspecified atom stereocenters. The molecule has 0 saturated heterocycles. The second kappa shape index (κ2) is 11.8. The highest BCUT2D eigenvalue weighted by Crippen LogP contribution is 2.24. The van der Waals surface area contributed by atoms with Gasteiger partial charge in [-0.05, 0) is 65.8 Å². The van der Waals surface area contributed by atoms with Crippen LogP contribution in [0.3, 0.4) is 0 Å². The van der Waals surface area contributed by atoms with Gasteiger partial charge >= 0.3 is 0 Å². The summed E-state index contributed by atoms with van der Waals surface area (Å²) in [6.45, 7) is 0.903. The highest BCUT2D eigenvalue weighted by Gasteiger charge is 2.34. The van der Waals surface area contributed by atoms with Gasteiger partial charge in [-0.1, -0.05) is 72.8 Å². The van der Waals surface area contributed by atoms with Crippen LogP contribution < -0.4 is 10.5 Å². The van der Waals surface area contributed by atoms with Crippen molar-refractivity contribution in [2.75, 3.05) is 13.7 Å². The molecular formula is C33H31N3O3. The minimum atomic E-state index is -0.231. The van der Waals surface area contributed by atoms with Gasteiger partial charge in [0.2, 0.25) is 0 Å². The summed E-state index contributed by atoms with van der Waals surface area (Å²) in [7, 11) is 1.66. The van der Waals surface area contributed by atoms with Crippen LogP contribution in [0.25, 0.3) is 0 Å². The van der Waals surface area contributed by atoms with E-state index in [0.29, 0.717) is 23.5 Å². The third-order valence-electron chi connectivity index (χ3n) is 7.04. The summed E-state index contributed by atoms with van der Waals surface area (Å²) in [6, 6.07) is 31.3. The number of aryl methyl sites for hydroxylation is 2. The zero-order chi connectivity index (χ0) is 27.2. The van der Waals surface area contributed by atoms with Crippen LogP contribution in [0.5, 0.6) is 5.75 Å². The van der Waals surface area contributed by atoms with E-state index in [1.165, 1.54) is 21.6 Å². The smallest absolute Gasteiger partial charge is 0.261 e. The van der Waals surface area contributed by atoms with Gasteiger partial charge in [0.1, 0.15) is 11.6 Å². The molecule has 0 radical (unpaired) electrons. The zero-order valence-corrected chi connectivity index (χ0v) is 22.0. The number of aliphatic imine (C=N–C) groups is 1. The zero-order valence-electron chi connectivity index (χ0n) is 22.0. The molecule has 5 rings (SSSR count). The summed E-state index contributed by atoms with van der Waals surface area (Å²) in [5.41, 5.74) is 12.6. The lowest BCUT2D eigenvalue weighted by Gasteiger charge is -2.14. The third kappa shape index (κ3) is 6.07. The van der Waals surface area contributed by atoms with Gasteiger partial charge in [-0.3, -0.25) is 19.5 Å². The van der Waals surface area contributed by atoms with Gasteiger partial charge in [0.15, 0.2) is 0 Å². The lowest BCUT2D eigenvalue weighted by Crippen LogP contribution is -2.29. The van der Waals surface area contributed by atoms with Crippen molar-refractivity contribution in [3.8, 4) is 5.75 Å². The summed E-state index contributed by atoms with van der Waals surface area (Å²) in [4.78, 5) is 31.1. The second-order valence-corrected chi connectivity index (χ2v) is 9.62. The highest BCUT2D eigenvalue weighted by molar-refractivity contribution is 6.21. The molecule has 2 N–H and O–H groups in total. The molecule has 196 valence electrons. The van der Waals surface area contributed by atoms with Crippen molar-refractivity contribution in [1.29, 1.82) is 0 Å². The Hall–Kier alpha value is -4.71. The molecule has 39 heavy (non-hydrogen) atoms. The number of carbonyl (C=O) groups excluding carboxylic acids is 2. The van der Waals surface area contributed by atoms with Gasteiger partial charge in [-0.15, -0.1) is 0 Å². The van der Waals surface area contributed by atoms with Gasteiger partial charge in [0.25, 0.3) is 11.8 Å². The van der Waals surface area contributed by atoms with Crippen molar-refractivity contribution in [3.05, 3.63) is 136 Å². The fourth-order valence-corrected chi connectivity index (χ4v) is 4.70. The van der Waals surface area contributed by atoms with E-state index in [9.17, 15) is 9.59 Å². The number of nitrogens with two attached hydrogens (primary N) is 1. The van der Waals surface area contributed by atoms with E-state index in [0.717, 1.165) is 36.1 Å². The predicted octanol–water partition coefficient (Wildman–Crippen LogP) is 5.22. The first-order chi connectivity index (χ1) is 19.0. The molecule has 6 heteroatoms. The van der Waals surface area contributed by atoms with Crippen molar-refractivity contribution < 1.29 is 14.3 Å². The molecule has 4 aromatic rings. The number of carbonyl (C=O) groups is 2. The molecule has 2 amide bonds. The molecule has 4 aromatic carbocycles. The van der Waals surface area contributed by atoms with Gasteiger partial charge in [-0.2, -0.15) is 0 Å². The summed E-state index contributed by atoms with van der Waals surface area (Å²) < 4.78 is 5.19. The Labute approximate surface area is 228 Å². The number of benzene rings is 4. The van der Waals surface area contributed by atoms with Crippen molar-refractivity contribution in [3.63, 3.8) is 0 Å². The second-order valence-electron chi connectivity index (χ2n) is 9.62. The van der Waals surface area contributed by atoms with E-state index in [4.69, 9.17) is 10.5 Å². The normalized spacial score (nSPS) is 13.1. The highest BCUT2D eigenvalue weighted by atomic mass is 16.5. The van der Waals surface area contributed by atoms with Gasteiger partial charge in [0, 0.05) is 12.1 Å². The van der Waals surface area contributed by atoms with Gasteiger partial charge < -0.3 is 10.5 Å². The van der Waals surface area contributed by atoms with Crippen molar-refractivity contribution >= 4 is 17.6 Å². The summed E-state index contributed by atoms with van der Waals surface area (Å²) in [5.74, 6) is 0.930. The van der Waals surface area contributed by atoms with Crippen molar-refractivity contribution in [2.45, 2.75) is 25.8 Å². The third-order valence-corrected chi connectivity index (χ3v) is 7.04. The standard InChI is InChI=1S/C33H31N3O3/c1-39-28-18-14-25(15-19-28)20-21-35-31(34)27-16-12-24(13-17-27)7-6-23-8-10-26(11-9-23)22-36-32(37)29-4-2-3-5-30(29)33(36)38/h2-5,8-19H,6-7,20-22H2,1H3,(H2,34,35). The van der Waals surface area contributed by atoms with Crippen LogP contribution in [0.1, 0.15) is 48.5 Å². The Morgan fingerprint density at radius 1 is 0.692 bits per heavy atom. The van der Waals surface area contributed by atoms with Crippen LogP contribution in [-0.4, -0.2) is 36.2 Å². The minimum Gasteiger partial charge on any atom is -0.497 e. The number of hydrogen-bond donors (Lipinski definition) is 1. The molecule has 6 nitrogen and oxygen atoms in total. The fraction of sp³-hybridized carbons (Fsp3) is 0.182. The Bertz CT molecular complexity index is 1460. The molecule has 0 aliphatic carbocycles. The molecule has 0 spiro atoms. The molecule has 1 aliphatic heterocycles. The molecule has 0 atom stereocenters. The lowest BCUT2D eigenvalue weighted by molar-refractivity contribution is 0.0642. The number of fused-ring (bicyclic) bond motifs is 1. The number of nitrogens with zero attached hydrogens (tertiary/aromatic N) is 2. The van der Waals surface area contributed by atoms with Crippen LogP contribution in [-0.2, 0) is 25.8 Å². The van der Waals surface area contributed by atoms with Gasteiger partial charge in [0.05, 0.1) is 24.8 Å². The maximum Gasteiger partial charge on any atom is 0.261 e. The average Bonchev–Trinajstić information content (AvgIpc) is 3.22. The van der Waals surface area contributed by atoms with Crippen LogP contribution in [0.2, 0.25) is 0 Å². The van der Waals surface area contributed by atoms with E-state index in [1.54, 1.807) is 31.4 Å². The van der Waals surface area contributed by atoms with Crippen LogP contribution in [0.15, 0.2) is 102 Å². The largest absolute Gasteiger partial charge is 0.497 e. The molecule has 1 heterocycles. The Morgan fingerprint density at radius 2 is 1.18 bits per heavy atom. The number of hydrogen-bond acceptors (Lipinski definition) is 4. The molecule has 0 saturated carbocycles. The van der Waals surface area contributed by atoms with Crippen molar-refractivity contribution in [2.24, 2.45) is 10.7 Å². The summed E-state index contributed by atoms with van der Waals surface area (Å²) >= 11 is 0. The first kappa shape index (κ1) is 25.9. The van der Waals surface area contributed by atoms with E-state index in [-0.39, 0.29) is 18.4 Å². The maximum absolute atomic E-state index is 12.6. The van der Waals surface area contributed by atoms with E-state index >= 15 is 0 Å². The Balaban J connectivity index is 1.11. The SMILES string of the molecule is COc1ccc(CCN=C(N)c2ccc(CCc3ccc(CN4C(=O)c5ccccc5C4=O)cc3)cc2)cc1. The summed E-state index contributed by atoms with van der Waals surface area (Å²) in [5, 5.41) is 0. The number of amides is 2. The monoisotopic (exact) mass is 517 g/mol.